The van der Waals surface area contributed by atoms with Gasteiger partial charge >= 0.3 is 0 Å². The van der Waals surface area contributed by atoms with Crippen molar-refractivity contribution in [1.29, 1.82) is 0 Å². The Morgan fingerprint density at radius 2 is 1.60 bits per heavy atom. The van der Waals surface area contributed by atoms with Gasteiger partial charge in [0.05, 0.1) is 26.4 Å². The van der Waals surface area contributed by atoms with E-state index in [0.29, 0.717) is 26.4 Å². The van der Waals surface area contributed by atoms with Crippen molar-refractivity contribution in [3.05, 3.63) is 0 Å². The zero-order chi connectivity index (χ0) is 7.66. The number of hydrogen-bond donors (Lipinski definition) is 1. The second-order valence-corrected chi connectivity index (χ2v) is 1.70. The first-order chi connectivity index (χ1) is 4.91. The molecule has 0 saturated heterocycles. The molecule has 0 atom stereocenters. The lowest BCUT2D eigenvalue weighted by atomic mass is 10.7. The first-order valence-electron chi connectivity index (χ1n) is 3.33. The number of ether oxygens (including phenoxy) is 2. The number of nitrogens with two attached hydrogens (primary N) is 1. The highest BCUT2D eigenvalue weighted by Gasteiger charge is 1.86. The number of halogens is 1. The molecule has 62 valence electrons. The molecule has 0 aliphatic rings. The van der Waals surface area contributed by atoms with Crippen LogP contribution < -0.4 is 5.73 Å². The lowest BCUT2D eigenvalue weighted by molar-refractivity contribution is 0.0456. The molecule has 0 rings (SSSR count). The molecule has 0 unspecified atom stereocenters. The largest absolute Gasteiger partial charge is 0.378 e. The van der Waals surface area contributed by atoms with Gasteiger partial charge in [-0.25, -0.2) is 4.39 Å². The quantitative estimate of drug-likeness (QED) is 0.519. The molecular weight excluding hydrogens is 137 g/mol. The molecule has 0 spiro atoms. The first-order valence-corrected chi connectivity index (χ1v) is 3.33. The summed E-state index contributed by atoms with van der Waals surface area (Å²) < 4.78 is 21.1. The Kier molecular flexibility index (Phi) is 8.64. The highest BCUT2D eigenvalue weighted by atomic mass is 19.1. The minimum absolute atomic E-state index is 0.159. The SMILES string of the molecule is NCCOCCOCCF. The molecule has 0 bridgehead atoms. The fourth-order valence-electron chi connectivity index (χ4n) is 0.460. The Balaban J connectivity index is 2.65. The van der Waals surface area contributed by atoms with Crippen molar-refractivity contribution in [3.63, 3.8) is 0 Å². The molecule has 0 fully saturated rings. The third-order valence-corrected chi connectivity index (χ3v) is 0.856. The van der Waals surface area contributed by atoms with Crippen LogP contribution in [0.15, 0.2) is 0 Å². The summed E-state index contributed by atoms with van der Waals surface area (Å²) in [4.78, 5) is 0. The van der Waals surface area contributed by atoms with E-state index in [2.05, 4.69) is 0 Å². The summed E-state index contributed by atoms with van der Waals surface area (Å²) in [5.74, 6) is 0. The maximum absolute atomic E-state index is 11.4. The third kappa shape index (κ3) is 7.81. The highest BCUT2D eigenvalue weighted by molar-refractivity contribution is 4.32. The average molecular weight is 151 g/mol. The molecule has 0 aliphatic heterocycles. The second-order valence-electron chi connectivity index (χ2n) is 1.70. The molecule has 3 nitrogen and oxygen atoms in total. The molecule has 0 aromatic carbocycles. The zero-order valence-corrected chi connectivity index (χ0v) is 6.01. The van der Waals surface area contributed by atoms with E-state index in [1.165, 1.54) is 0 Å². The minimum Gasteiger partial charge on any atom is -0.378 e. The standard InChI is InChI=1S/C6H14FNO2/c7-1-3-9-5-6-10-4-2-8/h1-6,8H2. The van der Waals surface area contributed by atoms with Crippen LogP contribution in [0.25, 0.3) is 0 Å². The van der Waals surface area contributed by atoms with E-state index in [4.69, 9.17) is 15.2 Å². The van der Waals surface area contributed by atoms with Crippen molar-refractivity contribution >= 4 is 0 Å². The number of alkyl halides is 1. The zero-order valence-electron chi connectivity index (χ0n) is 6.01. The summed E-state index contributed by atoms with van der Waals surface area (Å²) in [6.07, 6.45) is 0. The van der Waals surface area contributed by atoms with Gasteiger partial charge in [0.15, 0.2) is 0 Å². The molecule has 10 heavy (non-hydrogen) atoms. The van der Waals surface area contributed by atoms with E-state index < -0.39 is 6.67 Å². The minimum atomic E-state index is -0.434. The lowest BCUT2D eigenvalue weighted by Crippen LogP contribution is -2.12. The topological polar surface area (TPSA) is 44.5 Å². The van der Waals surface area contributed by atoms with Gasteiger partial charge in [0.2, 0.25) is 0 Å². The fraction of sp³-hybridized carbons (Fsp3) is 1.00. The van der Waals surface area contributed by atoms with Crippen LogP contribution in [0, 0.1) is 0 Å². The predicted octanol–water partition coefficient (Wildman–Crippen LogP) is -0.0522. The number of rotatable bonds is 7. The van der Waals surface area contributed by atoms with E-state index in [9.17, 15) is 4.39 Å². The Morgan fingerprint density at radius 3 is 2.10 bits per heavy atom. The molecule has 0 amide bonds. The third-order valence-electron chi connectivity index (χ3n) is 0.856. The molecule has 4 heteroatoms. The molecule has 0 aromatic heterocycles. The maximum atomic E-state index is 11.4. The van der Waals surface area contributed by atoms with Crippen molar-refractivity contribution in [2.75, 3.05) is 39.6 Å². The van der Waals surface area contributed by atoms with Crippen LogP contribution >= 0.6 is 0 Å². The average Bonchev–Trinajstić information content (AvgIpc) is 1.97. The molecular formula is C6H14FNO2. The Bertz CT molecular complexity index is 55.7. The van der Waals surface area contributed by atoms with E-state index in [1.54, 1.807) is 0 Å². The Hall–Kier alpha value is -0.190. The van der Waals surface area contributed by atoms with Crippen molar-refractivity contribution < 1.29 is 13.9 Å². The summed E-state index contributed by atoms with van der Waals surface area (Å²) in [6, 6.07) is 0. The molecule has 0 radical (unpaired) electrons. The summed E-state index contributed by atoms with van der Waals surface area (Å²) in [6.45, 7) is 1.73. The van der Waals surface area contributed by atoms with Gasteiger partial charge in [-0.1, -0.05) is 0 Å². The highest BCUT2D eigenvalue weighted by Crippen LogP contribution is 1.77. The van der Waals surface area contributed by atoms with Crippen molar-refractivity contribution in [2.45, 2.75) is 0 Å². The smallest absolute Gasteiger partial charge is 0.113 e. The normalized spacial score (nSPS) is 10.2. The van der Waals surface area contributed by atoms with Crippen LogP contribution in [-0.2, 0) is 9.47 Å². The van der Waals surface area contributed by atoms with E-state index in [1.807, 2.05) is 0 Å². The first kappa shape index (κ1) is 9.81. The predicted molar refractivity (Wildman–Crippen MR) is 36.7 cm³/mol. The van der Waals surface area contributed by atoms with Gasteiger partial charge in [0.1, 0.15) is 6.67 Å². The van der Waals surface area contributed by atoms with Gasteiger partial charge in [-0.05, 0) is 0 Å². The Morgan fingerprint density at radius 1 is 1.00 bits per heavy atom. The van der Waals surface area contributed by atoms with Gasteiger partial charge in [0, 0.05) is 6.54 Å². The van der Waals surface area contributed by atoms with Crippen LogP contribution in [-0.4, -0.2) is 39.6 Å². The second kappa shape index (κ2) is 8.81. The van der Waals surface area contributed by atoms with Crippen LogP contribution in [0.3, 0.4) is 0 Å². The van der Waals surface area contributed by atoms with E-state index in [0.717, 1.165) is 0 Å². The van der Waals surface area contributed by atoms with Crippen LogP contribution in [0.4, 0.5) is 4.39 Å². The maximum Gasteiger partial charge on any atom is 0.113 e. The lowest BCUT2D eigenvalue weighted by Gasteiger charge is -2.01. The monoisotopic (exact) mass is 151 g/mol. The van der Waals surface area contributed by atoms with Crippen LogP contribution in [0.2, 0.25) is 0 Å². The van der Waals surface area contributed by atoms with Gasteiger partial charge < -0.3 is 15.2 Å². The molecule has 2 N–H and O–H groups in total. The van der Waals surface area contributed by atoms with Gasteiger partial charge in [-0.2, -0.15) is 0 Å². The summed E-state index contributed by atoms with van der Waals surface area (Å²) >= 11 is 0. The van der Waals surface area contributed by atoms with Crippen LogP contribution in [0.1, 0.15) is 0 Å². The van der Waals surface area contributed by atoms with Crippen molar-refractivity contribution in [2.24, 2.45) is 5.73 Å². The fourth-order valence-corrected chi connectivity index (χ4v) is 0.460. The summed E-state index contributed by atoms with van der Waals surface area (Å²) in [5, 5.41) is 0. The Labute approximate surface area is 60.3 Å². The summed E-state index contributed by atoms with van der Waals surface area (Å²) in [7, 11) is 0. The van der Waals surface area contributed by atoms with Crippen LogP contribution in [0.5, 0.6) is 0 Å². The van der Waals surface area contributed by atoms with Gasteiger partial charge in [-0.15, -0.1) is 0 Å². The van der Waals surface area contributed by atoms with Gasteiger partial charge in [-0.3, -0.25) is 0 Å². The molecule has 0 heterocycles. The van der Waals surface area contributed by atoms with E-state index in [-0.39, 0.29) is 6.61 Å². The van der Waals surface area contributed by atoms with E-state index >= 15 is 0 Å². The molecule has 0 aromatic rings. The van der Waals surface area contributed by atoms with Crippen molar-refractivity contribution in [3.8, 4) is 0 Å². The summed E-state index contributed by atoms with van der Waals surface area (Å²) in [5.41, 5.74) is 5.14. The molecule has 0 saturated carbocycles. The molecule has 0 aliphatic carbocycles. The number of hydrogen-bond acceptors (Lipinski definition) is 3. The van der Waals surface area contributed by atoms with Gasteiger partial charge in [0.25, 0.3) is 0 Å². The van der Waals surface area contributed by atoms with Crippen molar-refractivity contribution in [1.82, 2.24) is 0 Å².